The van der Waals surface area contributed by atoms with E-state index in [1.165, 1.54) is 0 Å². The lowest BCUT2D eigenvalue weighted by Crippen LogP contribution is -2.42. The molecule has 0 radical (unpaired) electrons. The van der Waals surface area contributed by atoms with Crippen LogP contribution in [0.2, 0.25) is 0 Å². The van der Waals surface area contributed by atoms with Crippen molar-refractivity contribution >= 4 is 17.1 Å². The van der Waals surface area contributed by atoms with Gasteiger partial charge in [0.1, 0.15) is 5.69 Å². The number of nitrogens with one attached hydrogen (secondary N) is 1. The molecule has 0 spiro atoms. The maximum Gasteiger partial charge on any atom is 0.179 e. The Bertz CT molecular complexity index is 383. The first kappa shape index (κ1) is 11.7. The summed E-state index contributed by atoms with van der Waals surface area (Å²) in [6.45, 7) is 8.58. The number of carbonyl (C=O) groups is 1. The van der Waals surface area contributed by atoms with Gasteiger partial charge >= 0.3 is 0 Å². The van der Waals surface area contributed by atoms with E-state index in [1.54, 1.807) is 18.3 Å². The van der Waals surface area contributed by atoms with Crippen molar-refractivity contribution < 1.29 is 4.79 Å². The summed E-state index contributed by atoms with van der Waals surface area (Å²) in [7, 11) is 0. The number of rotatable bonds is 3. The minimum atomic E-state index is 0.0782. The maximum absolute atomic E-state index is 11.4. The molecule has 0 unspecified atom stereocenters. The molecule has 4 nitrogen and oxygen atoms in total. The summed E-state index contributed by atoms with van der Waals surface area (Å²) < 4.78 is 0. The number of thiazole rings is 1. The van der Waals surface area contributed by atoms with E-state index in [1.807, 2.05) is 6.92 Å². The molecule has 2 heterocycles. The molecule has 88 valence electrons. The van der Waals surface area contributed by atoms with Gasteiger partial charge in [-0.1, -0.05) is 0 Å². The zero-order valence-corrected chi connectivity index (χ0v) is 10.6. The van der Waals surface area contributed by atoms with Crippen LogP contribution in [0.5, 0.6) is 0 Å². The fourth-order valence-electron chi connectivity index (χ4n) is 1.92. The molecule has 2 rings (SSSR count). The molecule has 1 aromatic rings. The Morgan fingerprint density at radius 2 is 2.19 bits per heavy atom. The van der Waals surface area contributed by atoms with Crippen molar-refractivity contribution in [2.45, 2.75) is 20.4 Å². The van der Waals surface area contributed by atoms with Crippen LogP contribution in [0.4, 0.5) is 0 Å². The first-order valence-electron chi connectivity index (χ1n) is 5.57. The van der Waals surface area contributed by atoms with Crippen LogP contribution in [0.15, 0.2) is 0 Å². The predicted molar refractivity (Wildman–Crippen MR) is 65.0 cm³/mol. The lowest BCUT2D eigenvalue weighted by molar-refractivity contribution is 0.101. The van der Waals surface area contributed by atoms with Crippen molar-refractivity contribution in [3.05, 3.63) is 15.6 Å². The first-order valence-corrected chi connectivity index (χ1v) is 6.39. The summed E-state index contributed by atoms with van der Waals surface area (Å²) in [4.78, 5) is 19.2. The Balaban J connectivity index is 2.10. The highest BCUT2D eigenvalue weighted by molar-refractivity contribution is 7.11. The molecule has 0 amide bonds. The van der Waals surface area contributed by atoms with Crippen LogP contribution in [0, 0.1) is 6.92 Å². The van der Waals surface area contributed by atoms with Crippen molar-refractivity contribution in [3.8, 4) is 0 Å². The molecule has 1 N–H and O–H groups in total. The van der Waals surface area contributed by atoms with Crippen molar-refractivity contribution in [3.63, 3.8) is 0 Å². The molecule has 16 heavy (non-hydrogen) atoms. The Labute approximate surface area is 99.7 Å². The molecular formula is C11H17N3OS. The van der Waals surface area contributed by atoms with Crippen molar-refractivity contribution in [1.29, 1.82) is 0 Å². The summed E-state index contributed by atoms with van der Waals surface area (Å²) in [5.41, 5.74) is 0.668. The summed E-state index contributed by atoms with van der Waals surface area (Å²) in [5, 5.41) is 4.30. The van der Waals surface area contributed by atoms with E-state index in [0.29, 0.717) is 5.69 Å². The van der Waals surface area contributed by atoms with E-state index in [9.17, 15) is 4.79 Å². The Hall–Kier alpha value is -0.780. The third-order valence-corrected chi connectivity index (χ3v) is 3.67. The van der Waals surface area contributed by atoms with Gasteiger partial charge in [-0.3, -0.25) is 9.69 Å². The van der Waals surface area contributed by atoms with Gasteiger partial charge in [0.25, 0.3) is 0 Å². The summed E-state index contributed by atoms with van der Waals surface area (Å²) in [6.07, 6.45) is 0. The smallest absolute Gasteiger partial charge is 0.179 e. The normalized spacial score (nSPS) is 17.6. The number of aryl methyl sites for hydroxylation is 1. The number of Topliss-reactive ketones (excluding diaryl/α,β-unsaturated/α-hetero) is 1. The van der Waals surface area contributed by atoms with Crippen molar-refractivity contribution in [2.75, 3.05) is 26.2 Å². The molecular weight excluding hydrogens is 222 g/mol. The predicted octanol–water partition coefficient (Wildman–Crippen LogP) is 1.06. The average Bonchev–Trinajstić information content (AvgIpc) is 2.61. The summed E-state index contributed by atoms with van der Waals surface area (Å²) in [5.74, 6) is 0.0782. The molecule has 0 aliphatic carbocycles. The third-order valence-electron chi connectivity index (χ3n) is 2.71. The topological polar surface area (TPSA) is 45.2 Å². The molecule has 0 atom stereocenters. The monoisotopic (exact) mass is 239 g/mol. The van der Waals surface area contributed by atoms with Crippen LogP contribution in [0.25, 0.3) is 0 Å². The number of aromatic nitrogens is 1. The fourth-order valence-corrected chi connectivity index (χ4v) is 2.95. The number of nitrogens with zero attached hydrogens (tertiary/aromatic N) is 2. The maximum atomic E-state index is 11.4. The van der Waals surface area contributed by atoms with E-state index in [0.717, 1.165) is 42.6 Å². The SMILES string of the molecule is CC(=O)c1nc(C)sc1CN1CCNCC1. The third kappa shape index (κ3) is 2.66. The number of carbonyl (C=O) groups excluding carboxylic acids is 1. The van der Waals surface area contributed by atoms with E-state index in [4.69, 9.17) is 0 Å². The Morgan fingerprint density at radius 1 is 1.50 bits per heavy atom. The van der Waals surface area contributed by atoms with Gasteiger partial charge in [0.2, 0.25) is 0 Å². The van der Waals surface area contributed by atoms with E-state index < -0.39 is 0 Å². The Kier molecular flexibility index (Phi) is 3.68. The van der Waals surface area contributed by atoms with Gasteiger partial charge in [-0.15, -0.1) is 11.3 Å². The van der Waals surface area contributed by atoms with Gasteiger partial charge in [-0.2, -0.15) is 0 Å². The highest BCUT2D eigenvalue weighted by atomic mass is 32.1. The minimum absolute atomic E-state index is 0.0782. The van der Waals surface area contributed by atoms with Crippen LogP contribution in [0.1, 0.15) is 27.3 Å². The van der Waals surface area contributed by atoms with E-state index in [-0.39, 0.29) is 5.78 Å². The first-order chi connectivity index (χ1) is 7.66. The second kappa shape index (κ2) is 5.03. The molecule has 1 aliphatic rings. The molecule has 1 aromatic heterocycles. The van der Waals surface area contributed by atoms with Crippen LogP contribution < -0.4 is 5.32 Å². The Morgan fingerprint density at radius 3 is 2.81 bits per heavy atom. The fraction of sp³-hybridized carbons (Fsp3) is 0.636. The average molecular weight is 239 g/mol. The minimum Gasteiger partial charge on any atom is -0.314 e. The lowest BCUT2D eigenvalue weighted by Gasteiger charge is -2.26. The standard InChI is InChI=1S/C11H17N3OS/c1-8(15)11-10(16-9(2)13-11)7-14-5-3-12-4-6-14/h12H,3-7H2,1-2H3. The van der Waals surface area contributed by atoms with Crippen LogP contribution in [0.3, 0.4) is 0 Å². The van der Waals surface area contributed by atoms with Gasteiger partial charge in [-0.25, -0.2) is 4.98 Å². The zero-order valence-electron chi connectivity index (χ0n) is 9.75. The van der Waals surface area contributed by atoms with Crippen molar-refractivity contribution in [1.82, 2.24) is 15.2 Å². The molecule has 1 saturated heterocycles. The van der Waals surface area contributed by atoms with Gasteiger partial charge in [0.15, 0.2) is 5.78 Å². The van der Waals surface area contributed by atoms with E-state index >= 15 is 0 Å². The van der Waals surface area contributed by atoms with Gasteiger partial charge in [0.05, 0.1) is 5.01 Å². The zero-order chi connectivity index (χ0) is 11.5. The number of piperazine rings is 1. The highest BCUT2D eigenvalue weighted by Crippen LogP contribution is 2.20. The van der Waals surface area contributed by atoms with Gasteiger partial charge in [-0.05, 0) is 6.92 Å². The van der Waals surface area contributed by atoms with E-state index in [2.05, 4.69) is 15.2 Å². The molecule has 1 aliphatic heterocycles. The lowest BCUT2D eigenvalue weighted by atomic mass is 10.2. The van der Waals surface area contributed by atoms with Gasteiger partial charge < -0.3 is 5.32 Å². The molecule has 1 fully saturated rings. The quantitative estimate of drug-likeness (QED) is 0.801. The highest BCUT2D eigenvalue weighted by Gasteiger charge is 2.17. The van der Waals surface area contributed by atoms with Crippen LogP contribution in [-0.4, -0.2) is 41.8 Å². The van der Waals surface area contributed by atoms with Gasteiger partial charge in [0, 0.05) is 44.5 Å². The molecule has 0 bridgehead atoms. The molecule has 5 heteroatoms. The van der Waals surface area contributed by atoms with Crippen molar-refractivity contribution in [2.24, 2.45) is 0 Å². The summed E-state index contributed by atoms with van der Waals surface area (Å²) in [6, 6.07) is 0. The van der Waals surface area contributed by atoms with Crippen LogP contribution >= 0.6 is 11.3 Å². The number of hydrogen-bond acceptors (Lipinski definition) is 5. The number of hydrogen-bond donors (Lipinski definition) is 1. The molecule has 0 saturated carbocycles. The largest absolute Gasteiger partial charge is 0.314 e. The molecule has 0 aromatic carbocycles. The summed E-state index contributed by atoms with van der Waals surface area (Å²) >= 11 is 1.64. The second-order valence-electron chi connectivity index (χ2n) is 4.09. The number of ketones is 1. The second-order valence-corrected chi connectivity index (χ2v) is 5.37. The van der Waals surface area contributed by atoms with Crippen LogP contribution in [-0.2, 0) is 6.54 Å².